The SMILES string of the molecule is C[C@@H]1O[C@H](CO)CN(C(=O)OC(C)(C)C)[C@@H]1C. The van der Waals surface area contributed by atoms with Crippen LogP contribution in [0.3, 0.4) is 0 Å². The van der Waals surface area contributed by atoms with Crippen LogP contribution in [0.4, 0.5) is 4.79 Å². The number of morpholine rings is 1. The average Bonchev–Trinajstić information content (AvgIpc) is 2.19. The molecule has 0 spiro atoms. The second-order valence-electron chi connectivity index (χ2n) is 5.52. The van der Waals surface area contributed by atoms with E-state index in [1.165, 1.54) is 0 Å². The maximum Gasteiger partial charge on any atom is 0.410 e. The standard InChI is InChI=1S/C12H23NO4/c1-8-9(2)16-10(7-14)6-13(8)11(15)17-12(3,4)5/h8-10,14H,6-7H2,1-5H3/t8-,9+,10+/m1/s1. The molecule has 1 N–H and O–H groups in total. The van der Waals surface area contributed by atoms with Gasteiger partial charge in [-0.2, -0.15) is 0 Å². The van der Waals surface area contributed by atoms with Gasteiger partial charge in [-0.25, -0.2) is 4.79 Å². The van der Waals surface area contributed by atoms with E-state index in [0.29, 0.717) is 6.54 Å². The first-order valence-corrected chi connectivity index (χ1v) is 6.00. The van der Waals surface area contributed by atoms with Crippen molar-refractivity contribution in [1.29, 1.82) is 0 Å². The van der Waals surface area contributed by atoms with Gasteiger partial charge in [0.1, 0.15) is 5.60 Å². The summed E-state index contributed by atoms with van der Waals surface area (Å²) in [6.45, 7) is 9.61. The van der Waals surface area contributed by atoms with Crippen molar-refractivity contribution in [3.8, 4) is 0 Å². The fourth-order valence-corrected chi connectivity index (χ4v) is 1.76. The molecule has 17 heavy (non-hydrogen) atoms. The van der Waals surface area contributed by atoms with Crippen molar-refractivity contribution in [2.45, 2.75) is 58.5 Å². The lowest BCUT2D eigenvalue weighted by atomic mass is 10.1. The minimum atomic E-state index is -0.507. The monoisotopic (exact) mass is 245 g/mol. The van der Waals surface area contributed by atoms with Crippen LogP contribution in [0.1, 0.15) is 34.6 Å². The maximum atomic E-state index is 12.0. The van der Waals surface area contributed by atoms with Crippen LogP contribution < -0.4 is 0 Å². The van der Waals surface area contributed by atoms with E-state index in [4.69, 9.17) is 14.6 Å². The Bertz CT molecular complexity index is 274. The van der Waals surface area contributed by atoms with E-state index in [1.54, 1.807) is 4.90 Å². The Labute approximate surface area is 103 Å². The molecule has 100 valence electrons. The number of hydrogen-bond donors (Lipinski definition) is 1. The summed E-state index contributed by atoms with van der Waals surface area (Å²) >= 11 is 0. The van der Waals surface area contributed by atoms with Gasteiger partial charge < -0.3 is 19.5 Å². The van der Waals surface area contributed by atoms with Gasteiger partial charge in [0.15, 0.2) is 0 Å². The van der Waals surface area contributed by atoms with Crippen LogP contribution in [0.5, 0.6) is 0 Å². The Kier molecular flexibility index (Phi) is 4.38. The molecule has 1 rings (SSSR count). The van der Waals surface area contributed by atoms with Crippen LogP contribution >= 0.6 is 0 Å². The molecule has 5 heteroatoms. The molecule has 1 amide bonds. The Morgan fingerprint density at radius 2 is 2.06 bits per heavy atom. The fourth-order valence-electron chi connectivity index (χ4n) is 1.76. The molecule has 1 aliphatic rings. The molecule has 5 nitrogen and oxygen atoms in total. The van der Waals surface area contributed by atoms with E-state index >= 15 is 0 Å². The van der Waals surface area contributed by atoms with E-state index in [9.17, 15) is 4.79 Å². The second-order valence-corrected chi connectivity index (χ2v) is 5.52. The van der Waals surface area contributed by atoms with E-state index < -0.39 is 5.60 Å². The lowest BCUT2D eigenvalue weighted by Crippen LogP contribution is -2.56. The predicted molar refractivity (Wildman–Crippen MR) is 63.8 cm³/mol. The van der Waals surface area contributed by atoms with Gasteiger partial charge in [-0.15, -0.1) is 0 Å². The third-order valence-electron chi connectivity index (χ3n) is 2.81. The third kappa shape index (κ3) is 3.85. The van der Waals surface area contributed by atoms with Crippen molar-refractivity contribution in [2.75, 3.05) is 13.2 Å². The van der Waals surface area contributed by atoms with Crippen molar-refractivity contribution in [3.05, 3.63) is 0 Å². The minimum Gasteiger partial charge on any atom is -0.444 e. The van der Waals surface area contributed by atoms with Crippen LogP contribution in [0.15, 0.2) is 0 Å². The van der Waals surface area contributed by atoms with E-state index in [-0.39, 0.29) is 30.9 Å². The van der Waals surface area contributed by atoms with Gasteiger partial charge >= 0.3 is 6.09 Å². The molecule has 0 aromatic heterocycles. The minimum absolute atomic E-state index is 0.0485. The molecule has 1 saturated heterocycles. The number of carbonyl (C=O) groups excluding carboxylic acids is 1. The normalized spacial score (nSPS) is 30.2. The number of hydrogen-bond acceptors (Lipinski definition) is 4. The number of nitrogens with zero attached hydrogens (tertiary/aromatic N) is 1. The smallest absolute Gasteiger partial charge is 0.410 e. The molecule has 3 atom stereocenters. The highest BCUT2D eigenvalue weighted by molar-refractivity contribution is 5.68. The Morgan fingerprint density at radius 1 is 1.47 bits per heavy atom. The number of ether oxygens (including phenoxy) is 2. The number of aliphatic hydroxyl groups excluding tert-OH is 1. The Morgan fingerprint density at radius 3 is 2.53 bits per heavy atom. The third-order valence-corrected chi connectivity index (χ3v) is 2.81. The summed E-state index contributed by atoms with van der Waals surface area (Å²) in [4.78, 5) is 13.6. The summed E-state index contributed by atoms with van der Waals surface area (Å²) in [7, 11) is 0. The summed E-state index contributed by atoms with van der Waals surface area (Å²) in [5, 5.41) is 9.12. The highest BCUT2D eigenvalue weighted by Gasteiger charge is 2.36. The van der Waals surface area contributed by atoms with Gasteiger partial charge in [-0.3, -0.25) is 0 Å². The Hall–Kier alpha value is -0.810. The first-order chi connectivity index (χ1) is 7.74. The first-order valence-electron chi connectivity index (χ1n) is 6.00. The summed E-state index contributed by atoms with van der Waals surface area (Å²) in [6, 6.07) is -0.0485. The molecule has 1 fully saturated rings. The van der Waals surface area contributed by atoms with Crippen LogP contribution in [0.25, 0.3) is 0 Å². The average molecular weight is 245 g/mol. The number of carbonyl (C=O) groups is 1. The summed E-state index contributed by atoms with van der Waals surface area (Å²) < 4.78 is 10.9. The fraction of sp³-hybridized carbons (Fsp3) is 0.917. The quantitative estimate of drug-likeness (QED) is 0.758. The lowest BCUT2D eigenvalue weighted by Gasteiger charge is -2.41. The van der Waals surface area contributed by atoms with Crippen LogP contribution in [-0.2, 0) is 9.47 Å². The van der Waals surface area contributed by atoms with Gasteiger partial charge in [0.2, 0.25) is 0 Å². The largest absolute Gasteiger partial charge is 0.444 e. The molecular weight excluding hydrogens is 222 g/mol. The summed E-state index contributed by atoms with van der Waals surface area (Å²) in [5.74, 6) is 0. The highest BCUT2D eigenvalue weighted by atomic mass is 16.6. The van der Waals surface area contributed by atoms with Gasteiger partial charge in [0.25, 0.3) is 0 Å². The Balaban J connectivity index is 2.70. The first kappa shape index (κ1) is 14.3. The topological polar surface area (TPSA) is 59.0 Å². The summed E-state index contributed by atoms with van der Waals surface area (Å²) in [5.41, 5.74) is -0.507. The number of amides is 1. The zero-order valence-corrected chi connectivity index (χ0v) is 11.3. The van der Waals surface area contributed by atoms with Crippen LogP contribution in [0, 0.1) is 0 Å². The molecule has 0 aromatic rings. The van der Waals surface area contributed by atoms with Crippen molar-refractivity contribution >= 4 is 6.09 Å². The van der Waals surface area contributed by atoms with Crippen molar-refractivity contribution in [2.24, 2.45) is 0 Å². The number of aliphatic hydroxyl groups is 1. The molecule has 0 unspecified atom stereocenters. The predicted octanol–water partition coefficient (Wildman–Crippen LogP) is 1.39. The maximum absolute atomic E-state index is 12.0. The molecule has 0 bridgehead atoms. The zero-order valence-electron chi connectivity index (χ0n) is 11.3. The molecule has 1 aliphatic heterocycles. The lowest BCUT2D eigenvalue weighted by molar-refractivity contribution is -0.119. The van der Waals surface area contributed by atoms with Crippen LogP contribution in [-0.4, -0.2) is 53.1 Å². The van der Waals surface area contributed by atoms with E-state index in [1.807, 2.05) is 34.6 Å². The number of rotatable bonds is 1. The molecule has 0 saturated carbocycles. The molecule has 0 radical (unpaired) electrons. The van der Waals surface area contributed by atoms with Gasteiger partial charge in [-0.05, 0) is 34.6 Å². The van der Waals surface area contributed by atoms with Gasteiger partial charge in [0, 0.05) is 0 Å². The van der Waals surface area contributed by atoms with E-state index in [0.717, 1.165) is 0 Å². The zero-order chi connectivity index (χ0) is 13.2. The van der Waals surface area contributed by atoms with Crippen molar-refractivity contribution in [1.82, 2.24) is 4.90 Å². The van der Waals surface area contributed by atoms with Gasteiger partial charge in [0.05, 0.1) is 31.4 Å². The molecular formula is C12H23NO4. The molecule has 0 aliphatic carbocycles. The summed E-state index contributed by atoms with van der Waals surface area (Å²) in [6.07, 6.45) is -0.777. The van der Waals surface area contributed by atoms with Crippen molar-refractivity contribution in [3.63, 3.8) is 0 Å². The van der Waals surface area contributed by atoms with E-state index in [2.05, 4.69) is 0 Å². The van der Waals surface area contributed by atoms with Crippen molar-refractivity contribution < 1.29 is 19.4 Å². The van der Waals surface area contributed by atoms with Crippen LogP contribution in [0.2, 0.25) is 0 Å². The van der Waals surface area contributed by atoms with Gasteiger partial charge in [-0.1, -0.05) is 0 Å². The highest BCUT2D eigenvalue weighted by Crippen LogP contribution is 2.20. The molecule has 1 heterocycles. The molecule has 0 aromatic carbocycles. The second kappa shape index (κ2) is 5.23.